The average molecular weight is 301 g/mol. The molecule has 2 atom stereocenters. The monoisotopic (exact) mass is 301 g/mol. The van der Waals surface area contributed by atoms with Gasteiger partial charge < -0.3 is 20.6 Å². The Bertz CT molecular complexity index is 394. The Labute approximate surface area is 121 Å². The molecule has 0 aromatic heterocycles. The molecule has 2 rings (SSSR count). The van der Waals surface area contributed by atoms with Crippen LogP contribution in [0.5, 0.6) is 0 Å². The second-order valence-corrected chi connectivity index (χ2v) is 6.16. The number of aliphatic carboxylic acids is 1. The number of rotatable bonds is 3. The van der Waals surface area contributed by atoms with Crippen LogP contribution in [0.4, 0.5) is 4.79 Å². The summed E-state index contributed by atoms with van der Waals surface area (Å²) in [5.41, 5.74) is 0. The van der Waals surface area contributed by atoms with Gasteiger partial charge in [0, 0.05) is 37.1 Å². The first-order valence-electron chi connectivity index (χ1n) is 6.69. The maximum Gasteiger partial charge on any atom is 0.317 e. The van der Waals surface area contributed by atoms with Gasteiger partial charge in [-0.05, 0) is 6.42 Å². The zero-order valence-electron chi connectivity index (χ0n) is 11.1. The molecule has 0 bridgehead atoms. The lowest BCUT2D eigenvalue weighted by atomic mass is 10.1. The van der Waals surface area contributed by atoms with E-state index in [9.17, 15) is 14.4 Å². The summed E-state index contributed by atoms with van der Waals surface area (Å²) in [7, 11) is 0. The number of carbonyl (C=O) groups is 3. The first-order chi connectivity index (χ1) is 9.56. The van der Waals surface area contributed by atoms with Crippen molar-refractivity contribution < 1.29 is 19.5 Å². The van der Waals surface area contributed by atoms with Crippen molar-refractivity contribution in [3.8, 4) is 0 Å². The SMILES string of the molecule is O=C(O)CC1CSCCN1C(=O)NC1CCC(=O)NC1. The van der Waals surface area contributed by atoms with E-state index in [2.05, 4.69) is 10.6 Å². The molecule has 112 valence electrons. The van der Waals surface area contributed by atoms with Gasteiger partial charge in [-0.2, -0.15) is 11.8 Å². The van der Waals surface area contributed by atoms with E-state index in [-0.39, 0.29) is 30.4 Å². The molecule has 2 heterocycles. The normalized spacial score (nSPS) is 26.8. The Kier molecular flexibility index (Phi) is 5.11. The summed E-state index contributed by atoms with van der Waals surface area (Å²) >= 11 is 1.67. The number of carboxylic acids is 1. The first-order valence-corrected chi connectivity index (χ1v) is 7.85. The van der Waals surface area contributed by atoms with Crippen molar-refractivity contribution in [3.63, 3.8) is 0 Å². The maximum atomic E-state index is 12.2. The number of nitrogens with zero attached hydrogens (tertiary/aromatic N) is 1. The van der Waals surface area contributed by atoms with Gasteiger partial charge in [-0.15, -0.1) is 0 Å². The number of hydrogen-bond acceptors (Lipinski definition) is 4. The zero-order valence-corrected chi connectivity index (χ0v) is 11.9. The molecular formula is C12H19N3O4S. The fraction of sp³-hybridized carbons (Fsp3) is 0.750. The highest BCUT2D eigenvalue weighted by Gasteiger charge is 2.30. The molecule has 0 spiro atoms. The maximum absolute atomic E-state index is 12.2. The summed E-state index contributed by atoms with van der Waals surface area (Å²) in [6.07, 6.45) is 1.02. The minimum absolute atomic E-state index is 0.00799. The van der Waals surface area contributed by atoms with E-state index >= 15 is 0 Å². The summed E-state index contributed by atoms with van der Waals surface area (Å²) in [6.45, 7) is 1.00. The van der Waals surface area contributed by atoms with E-state index in [0.717, 1.165) is 5.75 Å². The largest absolute Gasteiger partial charge is 0.481 e. The average Bonchev–Trinajstić information content (AvgIpc) is 2.41. The van der Waals surface area contributed by atoms with Crippen LogP contribution in [0.3, 0.4) is 0 Å². The predicted molar refractivity (Wildman–Crippen MR) is 74.6 cm³/mol. The number of amides is 3. The molecule has 2 saturated heterocycles. The van der Waals surface area contributed by atoms with Crippen LogP contribution in [0.1, 0.15) is 19.3 Å². The van der Waals surface area contributed by atoms with Gasteiger partial charge in [0.2, 0.25) is 5.91 Å². The van der Waals surface area contributed by atoms with Crippen LogP contribution in [0.25, 0.3) is 0 Å². The van der Waals surface area contributed by atoms with E-state index in [1.54, 1.807) is 16.7 Å². The smallest absolute Gasteiger partial charge is 0.317 e. The molecule has 0 saturated carbocycles. The van der Waals surface area contributed by atoms with E-state index in [1.165, 1.54) is 0 Å². The highest BCUT2D eigenvalue weighted by molar-refractivity contribution is 7.99. The molecule has 0 radical (unpaired) electrons. The Morgan fingerprint density at radius 3 is 2.95 bits per heavy atom. The van der Waals surface area contributed by atoms with Gasteiger partial charge in [-0.25, -0.2) is 4.79 Å². The van der Waals surface area contributed by atoms with Crippen molar-refractivity contribution in [1.82, 2.24) is 15.5 Å². The molecule has 0 aromatic carbocycles. The molecule has 0 aromatic rings. The summed E-state index contributed by atoms with van der Waals surface area (Å²) in [6, 6.07) is -0.553. The van der Waals surface area contributed by atoms with Gasteiger partial charge >= 0.3 is 12.0 Å². The lowest BCUT2D eigenvalue weighted by molar-refractivity contribution is -0.138. The molecule has 2 fully saturated rings. The third kappa shape index (κ3) is 4.03. The number of carbonyl (C=O) groups excluding carboxylic acids is 2. The van der Waals surface area contributed by atoms with E-state index in [4.69, 9.17) is 5.11 Å². The highest BCUT2D eigenvalue weighted by Crippen LogP contribution is 2.19. The Morgan fingerprint density at radius 2 is 2.30 bits per heavy atom. The number of nitrogens with one attached hydrogen (secondary N) is 2. The molecule has 3 N–H and O–H groups in total. The topological polar surface area (TPSA) is 98.7 Å². The van der Waals surface area contributed by atoms with E-state index in [1.807, 2.05) is 0 Å². The molecule has 20 heavy (non-hydrogen) atoms. The van der Waals surface area contributed by atoms with Crippen molar-refractivity contribution in [1.29, 1.82) is 0 Å². The number of carboxylic acid groups (broad SMARTS) is 1. The molecule has 2 aliphatic rings. The first kappa shape index (κ1) is 15.0. The van der Waals surface area contributed by atoms with Crippen molar-refractivity contribution >= 4 is 29.7 Å². The van der Waals surface area contributed by atoms with Crippen LogP contribution >= 0.6 is 11.8 Å². The second kappa shape index (κ2) is 6.83. The minimum Gasteiger partial charge on any atom is -0.481 e. The zero-order chi connectivity index (χ0) is 14.5. The lowest BCUT2D eigenvalue weighted by Gasteiger charge is -2.36. The van der Waals surface area contributed by atoms with Gasteiger partial charge in [0.25, 0.3) is 0 Å². The van der Waals surface area contributed by atoms with Crippen molar-refractivity contribution in [2.45, 2.75) is 31.3 Å². The Balaban J connectivity index is 1.88. The Morgan fingerprint density at radius 1 is 1.50 bits per heavy atom. The third-order valence-corrected chi connectivity index (χ3v) is 4.58. The van der Waals surface area contributed by atoms with Crippen LogP contribution in [-0.2, 0) is 9.59 Å². The summed E-state index contributed by atoms with van der Waals surface area (Å²) < 4.78 is 0. The number of piperidine rings is 1. The molecular weight excluding hydrogens is 282 g/mol. The molecule has 8 heteroatoms. The van der Waals surface area contributed by atoms with Crippen LogP contribution in [0, 0.1) is 0 Å². The summed E-state index contributed by atoms with van der Waals surface area (Å²) in [5, 5.41) is 14.5. The minimum atomic E-state index is -0.889. The molecule has 7 nitrogen and oxygen atoms in total. The number of hydrogen-bond donors (Lipinski definition) is 3. The van der Waals surface area contributed by atoms with E-state index in [0.29, 0.717) is 31.7 Å². The second-order valence-electron chi connectivity index (χ2n) is 5.01. The van der Waals surface area contributed by atoms with Gasteiger partial charge in [-0.1, -0.05) is 0 Å². The van der Waals surface area contributed by atoms with Gasteiger partial charge in [0.05, 0.1) is 12.5 Å². The van der Waals surface area contributed by atoms with Crippen LogP contribution < -0.4 is 10.6 Å². The van der Waals surface area contributed by atoms with Gasteiger partial charge in [0.1, 0.15) is 0 Å². The fourth-order valence-corrected chi connectivity index (χ4v) is 3.47. The molecule has 3 amide bonds. The summed E-state index contributed by atoms with van der Waals surface area (Å²) in [4.78, 5) is 35.8. The standard InChI is InChI=1S/C12H19N3O4S/c16-10-2-1-8(6-13-10)14-12(19)15-3-4-20-7-9(15)5-11(17)18/h8-9H,1-7H2,(H,13,16)(H,14,19)(H,17,18). The lowest BCUT2D eigenvalue weighted by Crippen LogP contribution is -2.56. The summed E-state index contributed by atoms with van der Waals surface area (Å²) in [5.74, 6) is 0.598. The van der Waals surface area contributed by atoms with Crippen molar-refractivity contribution in [2.24, 2.45) is 0 Å². The highest BCUT2D eigenvalue weighted by atomic mass is 32.2. The quantitative estimate of drug-likeness (QED) is 0.674. The van der Waals surface area contributed by atoms with Crippen molar-refractivity contribution in [3.05, 3.63) is 0 Å². The third-order valence-electron chi connectivity index (χ3n) is 3.49. The van der Waals surface area contributed by atoms with Gasteiger partial charge in [0.15, 0.2) is 0 Å². The molecule has 2 aliphatic heterocycles. The van der Waals surface area contributed by atoms with Crippen LogP contribution in [0.15, 0.2) is 0 Å². The Hall–Kier alpha value is -1.44. The van der Waals surface area contributed by atoms with Crippen LogP contribution in [-0.4, -0.2) is 64.6 Å². The number of urea groups is 1. The van der Waals surface area contributed by atoms with E-state index < -0.39 is 5.97 Å². The van der Waals surface area contributed by atoms with Gasteiger partial charge in [-0.3, -0.25) is 9.59 Å². The number of thioether (sulfide) groups is 1. The predicted octanol–water partition coefficient (Wildman–Crippen LogP) is -0.133. The molecule has 0 aliphatic carbocycles. The molecule has 2 unspecified atom stereocenters. The van der Waals surface area contributed by atoms with Crippen LogP contribution in [0.2, 0.25) is 0 Å². The fourth-order valence-electron chi connectivity index (χ4n) is 2.41. The van der Waals surface area contributed by atoms with Crippen molar-refractivity contribution in [2.75, 3.05) is 24.6 Å².